The Balaban J connectivity index is 1.39. The van der Waals surface area contributed by atoms with Gasteiger partial charge in [0.1, 0.15) is 10.6 Å². The number of hydrogen-bond donors (Lipinski definition) is 0. The first-order valence-corrected chi connectivity index (χ1v) is 12.9. The van der Waals surface area contributed by atoms with E-state index in [4.69, 9.17) is 4.99 Å². The van der Waals surface area contributed by atoms with Crippen LogP contribution < -0.4 is 4.90 Å². The molecule has 5 nitrogen and oxygen atoms in total. The molecule has 3 aromatic carbocycles. The number of anilines is 1. The number of rotatable bonds is 4. The maximum absolute atomic E-state index is 13.8. The number of fused-ring (bicyclic) bond motifs is 2. The molecule has 0 radical (unpaired) electrons. The van der Waals surface area contributed by atoms with E-state index < -0.39 is 0 Å². The fraction of sp³-hybridized carbons (Fsp3) is 0.148. The standard InChI is InChI=1S/C27H22N4OS2/c1-30-21-14-5-6-15-22(21)33-26(30)24-25(32)31(17-18-9-3-2-4-10-18)27(34-24)29-20-13-7-11-19-12-8-16-28-23(19)20/h2-16,24,26H,17H2,1H3. The predicted octanol–water partition coefficient (Wildman–Crippen LogP) is 5.93. The summed E-state index contributed by atoms with van der Waals surface area (Å²) < 4.78 is 0. The molecule has 1 aromatic heterocycles. The molecule has 2 aliphatic heterocycles. The van der Waals surface area contributed by atoms with Crippen LogP contribution in [0.1, 0.15) is 5.56 Å². The molecule has 2 atom stereocenters. The van der Waals surface area contributed by atoms with Gasteiger partial charge in [-0.05, 0) is 29.8 Å². The van der Waals surface area contributed by atoms with E-state index >= 15 is 0 Å². The Morgan fingerprint density at radius 1 is 0.912 bits per heavy atom. The Kier molecular flexibility index (Phi) is 5.51. The van der Waals surface area contributed by atoms with Crippen LogP contribution in [0.25, 0.3) is 10.9 Å². The lowest BCUT2D eigenvalue weighted by Gasteiger charge is -2.25. The van der Waals surface area contributed by atoms with Gasteiger partial charge < -0.3 is 4.90 Å². The van der Waals surface area contributed by atoms with E-state index in [1.807, 2.05) is 65.6 Å². The Morgan fingerprint density at radius 3 is 2.56 bits per heavy atom. The van der Waals surface area contributed by atoms with Gasteiger partial charge in [0, 0.05) is 23.5 Å². The Bertz CT molecular complexity index is 1400. The number of amidine groups is 1. The van der Waals surface area contributed by atoms with Gasteiger partial charge in [-0.15, -0.1) is 0 Å². The molecular formula is C27H22N4OS2. The van der Waals surface area contributed by atoms with E-state index in [2.05, 4.69) is 41.2 Å². The van der Waals surface area contributed by atoms with Crippen LogP contribution in [0.2, 0.25) is 0 Å². The Hall–Kier alpha value is -3.29. The van der Waals surface area contributed by atoms with Crippen molar-refractivity contribution >= 4 is 56.9 Å². The van der Waals surface area contributed by atoms with Crippen LogP contribution in [0.15, 0.2) is 101 Å². The number of nitrogens with zero attached hydrogens (tertiary/aromatic N) is 4. The summed E-state index contributed by atoms with van der Waals surface area (Å²) >= 11 is 3.31. The zero-order chi connectivity index (χ0) is 23.1. The van der Waals surface area contributed by atoms with Gasteiger partial charge in [-0.3, -0.25) is 14.7 Å². The van der Waals surface area contributed by atoms with Gasteiger partial charge in [-0.1, -0.05) is 84.2 Å². The highest BCUT2D eigenvalue weighted by Crippen LogP contribution is 2.48. The Morgan fingerprint density at radius 2 is 1.71 bits per heavy atom. The molecule has 2 unspecified atom stereocenters. The van der Waals surface area contributed by atoms with E-state index in [1.165, 1.54) is 10.6 Å². The van der Waals surface area contributed by atoms with Gasteiger partial charge in [0.25, 0.3) is 0 Å². The number of carbonyl (C=O) groups excluding carboxylic acids is 1. The summed E-state index contributed by atoms with van der Waals surface area (Å²) in [5.74, 6) is 0.0953. The molecule has 4 aromatic rings. The van der Waals surface area contributed by atoms with Crippen LogP contribution in [0.5, 0.6) is 0 Å². The van der Waals surface area contributed by atoms with Gasteiger partial charge in [0.2, 0.25) is 5.91 Å². The van der Waals surface area contributed by atoms with Crippen molar-refractivity contribution < 1.29 is 4.79 Å². The largest absolute Gasteiger partial charge is 0.360 e. The van der Waals surface area contributed by atoms with E-state index in [0.717, 1.165) is 27.3 Å². The SMILES string of the molecule is CN1c2ccccc2SC1C1SC(=Nc2cccc3cccnc23)N(Cc2ccccc2)C1=O. The van der Waals surface area contributed by atoms with Gasteiger partial charge in [-0.2, -0.15) is 0 Å². The van der Waals surface area contributed by atoms with Crippen molar-refractivity contribution in [3.63, 3.8) is 0 Å². The van der Waals surface area contributed by atoms with Gasteiger partial charge in [0.05, 0.1) is 23.4 Å². The lowest BCUT2D eigenvalue weighted by Crippen LogP contribution is -2.41. The summed E-state index contributed by atoms with van der Waals surface area (Å²) in [6.07, 6.45) is 1.78. The smallest absolute Gasteiger partial charge is 0.245 e. The Labute approximate surface area is 206 Å². The summed E-state index contributed by atoms with van der Waals surface area (Å²) in [5.41, 5.74) is 3.87. The molecule has 7 heteroatoms. The maximum Gasteiger partial charge on any atom is 0.245 e. The molecule has 1 fully saturated rings. The molecule has 0 aliphatic carbocycles. The van der Waals surface area contributed by atoms with E-state index in [1.54, 1.807) is 29.7 Å². The molecular weight excluding hydrogens is 460 g/mol. The van der Waals surface area contributed by atoms with E-state index in [-0.39, 0.29) is 16.5 Å². The first-order valence-electron chi connectivity index (χ1n) is 11.1. The summed E-state index contributed by atoms with van der Waals surface area (Å²) in [4.78, 5) is 28.7. The summed E-state index contributed by atoms with van der Waals surface area (Å²) in [6.45, 7) is 0.494. The molecule has 2 aliphatic rings. The lowest BCUT2D eigenvalue weighted by molar-refractivity contribution is -0.126. The average molecular weight is 483 g/mol. The second kappa shape index (κ2) is 8.81. The highest BCUT2D eigenvalue weighted by Gasteiger charge is 2.47. The van der Waals surface area contributed by atoms with Crippen LogP contribution in [-0.4, -0.2) is 38.6 Å². The minimum atomic E-state index is -0.257. The number of para-hydroxylation sites is 2. The van der Waals surface area contributed by atoms with Gasteiger partial charge in [-0.25, -0.2) is 4.99 Å². The molecule has 3 heterocycles. The number of aromatic nitrogens is 1. The molecule has 34 heavy (non-hydrogen) atoms. The summed E-state index contributed by atoms with van der Waals surface area (Å²) in [7, 11) is 2.07. The molecule has 0 spiro atoms. The second-order valence-corrected chi connectivity index (χ2v) is 10.5. The minimum Gasteiger partial charge on any atom is -0.360 e. The molecule has 0 saturated carbocycles. The number of amides is 1. The molecule has 6 rings (SSSR count). The van der Waals surface area contributed by atoms with Crippen LogP contribution in [0.3, 0.4) is 0 Å². The number of carbonyl (C=O) groups is 1. The highest BCUT2D eigenvalue weighted by molar-refractivity contribution is 8.16. The monoisotopic (exact) mass is 482 g/mol. The number of pyridine rings is 1. The molecule has 0 bridgehead atoms. The summed E-state index contributed by atoms with van der Waals surface area (Å²) in [6, 6.07) is 28.4. The third kappa shape index (κ3) is 3.75. The van der Waals surface area contributed by atoms with Crippen molar-refractivity contribution in [3.8, 4) is 0 Å². The van der Waals surface area contributed by atoms with Crippen molar-refractivity contribution in [2.75, 3.05) is 11.9 Å². The number of thioether (sulfide) groups is 2. The summed E-state index contributed by atoms with van der Waals surface area (Å²) in [5, 5.41) is 1.51. The number of benzene rings is 3. The van der Waals surface area contributed by atoms with Gasteiger partial charge >= 0.3 is 0 Å². The number of aliphatic imine (C=N–C) groups is 1. The first kappa shape index (κ1) is 21.3. The molecule has 0 N–H and O–H groups in total. The zero-order valence-electron chi connectivity index (χ0n) is 18.5. The van der Waals surface area contributed by atoms with Crippen molar-refractivity contribution in [1.82, 2.24) is 9.88 Å². The fourth-order valence-corrected chi connectivity index (χ4v) is 7.18. The van der Waals surface area contributed by atoms with Crippen LogP contribution >= 0.6 is 23.5 Å². The minimum absolute atomic E-state index is 0.00603. The molecule has 168 valence electrons. The van der Waals surface area contributed by atoms with Crippen molar-refractivity contribution in [3.05, 3.63) is 96.7 Å². The van der Waals surface area contributed by atoms with E-state index in [9.17, 15) is 4.79 Å². The maximum atomic E-state index is 13.8. The highest BCUT2D eigenvalue weighted by atomic mass is 32.2. The lowest BCUT2D eigenvalue weighted by atomic mass is 10.2. The number of hydrogen-bond acceptors (Lipinski definition) is 6. The van der Waals surface area contributed by atoms with Crippen LogP contribution in [-0.2, 0) is 11.3 Å². The van der Waals surface area contributed by atoms with Crippen molar-refractivity contribution in [2.45, 2.75) is 22.1 Å². The van der Waals surface area contributed by atoms with E-state index in [0.29, 0.717) is 6.54 Å². The normalized spacial score (nSPS) is 21.0. The third-order valence-electron chi connectivity index (χ3n) is 6.12. The predicted molar refractivity (Wildman–Crippen MR) is 142 cm³/mol. The third-order valence-corrected chi connectivity index (χ3v) is 8.95. The first-order chi connectivity index (χ1) is 16.7. The molecule has 1 amide bonds. The van der Waals surface area contributed by atoms with Gasteiger partial charge in [0.15, 0.2) is 5.17 Å². The molecule has 1 saturated heterocycles. The topological polar surface area (TPSA) is 48.8 Å². The average Bonchev–Trinajstić information content (AvgIpc) is 3.36. The van der Waals surface area contributed by atoms with Crippen LogP contribution in [0.4, 0.5) is 11.4 Å². The van der Waals surface area contributed by atoms with Crippen LogP contribution in [0, 0.1) is 0 Å². The second-order valence-electron chi connectivity index (χ2n) is 8.28. The zero-order valence-corrected chi connectivity index (χ0v) is 20.2. The van der Waals surface area contributed by atoms with Crippen molar-refractivity contribution in [2.24, 2.45) is 4.99 Å². The quantitative estimate of drug-likeness (QED) is 0.361. The fourth-order valence-electron chi connectivity index (χ4n) is 4.39. The van der Waals surface area contributed by atoms with Crippen molar-refractivity contribution in [1.29, 1.82) is 0 Å².